The molecular weight excluding hydrogens is 1560 g/mol. The summed E-state index contributed by atoms with van der Waals surface area (Å²) in [4.78, 5) is 4.86. The molecule has 0 saturated heterocycles. The predicted molar refractivity (Wildman–Crippen MR) is 531 cm³/mol. The summed E-state index contributed by atoms with van der Waals surface area (Å²) in [5, 5.41) is 11.3. The molecule has 28 rings (SSSR count). The molecule has 0 aliphatic heterocycles. The van der Waals surface area contributed by atoms with Crippen molar-refractivity contribution in [3.8, 4) is 117 Å². The van der Waals surface area contributed by atoms with Crippen molar-refractivity contribution in [2.75, 3.05) is 9.80 Å². The van der Waals surface area contributed by atoms with Crippen LogP contribution in [-0.2, 0) is 21.7 Å². The highest BCUT2D eigenvalue weighted by Crippen LogP contribution is 2.73. The van der Waals surface area contributed by atoms with E-state index in [1.165, 1.54) is 214 Å². The number of hydrogen-bond acceptors (Lipinski definition) is 3. The Morgan fingerprint density at radius 1 is 0.271 bits per heavy atom. The minimum absolute atomic E-state index is 0.0485. The first-order valence-electron chi connectivity index (χ1n) is 47.5. The summed E-state index contributed by atoms with van der Waals surface area (Å²) < 4.78 is 16.5. The number of nitrogens with zero attached hydrogens (tertiary/aromatic N) is 3. The normalized spacial score (nSPS) is 22.4. The number of rotatable bonds is 12. The van der Waals surface area contributed by atoms with Gasteiger partial charge in [0.2, 0.25) is 0 Å². The Labute approximate surface area is 759 Å². The van der Waals surface area contributed by atoms with Crippen LogP contribution in [0.15, 0.2) is 352 Å². The monoisotopic (exact) mass is 1670 g/mol. The first-order valence-corrected chi connectivity index (χ1v) is 47.5. The number of fused-ring (bicyclic) bond motifs is 12. The van der Waals surface area contributed by atoms with Crippen molar-refractivity contribution in [3.05, 3.63) is 419 Å². The van der Waals surface area contributed by atoms with Crippen molar-refractivity contribution in [3.63, 3.8) is 0 Å². The summed E-state index contributed by atoms with van der Waals surface area (Å²) in [6.07, 6.45) is 13.1. The zero-order valence-corrected chi connectivity index (χ0v) is 74.4. The zero-order chi connectivity index (χ0) is 86.5. The molecule has 8 bridgehead atoms. The molecule has 0 unspecified atom stereocenters. The van der Waals surface area contributed by atoms with Gasteiger partial charge in [-0.15, -0.1) is 0 Å². The number of anilines is 6. The summed E-state index contributed by atoms with van der Waals surface area (Å²) in [6, 6.07) is 133. The molecule has 0 aromatic heterocycles. The van der Waals surface area contributed by atoms with E-state index < -0.39 is 0 Å². The van der Waals surface area contributed by atoms with Gasteiger partial charge in [0.05, 0.1) is 17.3 Å². The van der Waals surface area contributed by atoms with E-state index in [0.29, 0.717) is 23.7 Å². The smallest absolute Gasteiger partial charge is 0.131 e. The molecule has 0 N–H and O–H groups in total. The Morgan fingerprint density at radius 3 is 1.23 bits per heavy atom. The van der Waals surface area contributed by atoms with Crippen molar-refractivity contribution < 1.29 is 4.39 Å². The van der Waals surface area contributed by atoms with Crippen molar-refractivity contribution in [1.82, 2.24) is 0 Å². The van der Waals surface area contributed by atoms with Gasteiger partial charge in [0.1, 0.15) is 5.82 Å². The maximum absolute atomic E-state index is 16.5. The fourth-order valence-electron chi connectivity index (χ4n) is 28.4. The van der Waals surface area contributed by atoms with Crippen molar-refractivity contribution >= 4 is 34.1 Å². The van der Waals surface area contributed by atoms with Gasteiger partial charge in [-0.25, -0.2) is 4.39 Å². The molecule has 0 amide bonds. The van der Waals surface area contributed by atoms with Crippen molar-refractivity contribution in [2.45, 2.75) is 127 Å². The van der Waals surface area contributed by atoms with Gasteiger partial charge >= 0.3 is 0 Å². The second kappa shape index (κ2) is 29.5. The number of nitriles is 1. The molecule has 12 aliphatic rings. The second-order valence-electron chi connectivity index (χ2n) is 40.8. The third-order valence-corrected chi connectivity index (χ3v) is 33.4. The van der Waals surface area contributed by atoms with Gasteiger partial charge in [-0.1, -0.05) is 294 Å². The molecule has 4 heteroatoms. The van der Waals surface area contributed by atoms with Gasteiger partial charge in [-0.2, -0.15) is 5.26 Å². The number of benzene rings is 16. The highest BCUT2D eigenvalue weighted by molar-refractivity contribution is 6.00. The minimum atomic E-state index is -0.304. The van der Waals surface area contributed by atoms with E-state index in [9.17, 15) is 5.26 Å². The lowest BCUT2D eigenvalue weighted by molar-refractivity contribution is -0.0400. The predicted octanol–water partition coefficient (Wildman–Crippen LogP) is 33.0. The highest BCUT2D eigenvalue weighted by Gasteiger charge is 2.64. The number of aryl methyl sites for hydroxylation is 2. The average Bonchev–Trinajstić information content (AvgIpc) is 1.52. The fourth-order valence-corrected chi connectivity index (χ4v) is 28.4. The molecule has 8 fully saturated rings. The standard InChI is InChI=1S/C63H52N2.C62H52FN/c1-39-19-21-43(22-20-39)45-25-29-51(30-26-45)65(50-27-23-44(24-28-50)42-11-5-4-6-12-42)58-18-10-17-57-59(58)54-15-9-14-52(61(54)62(57,2)3)46-36-47(38-64)60-55(37-46)53-13-7-8-16-56(53)63(60)48-32-40-31-41(34-48)35-49(63)33-40;1-38-11-7-8-14-50(38)43-19-24-48(25-20-43)64(47-22-17-42(18-23-47)41-12-5-4-6-13-41)49-26-28-53-52-27-21-44(36-56(52)61(2,3)57(53)37-49)51-29-30-58(63)59-54-15-9-10-16-55(54)62(60(51)59)45-32-39-31-40(34-45)35-46(62)33-39/h4-30,36-37,40-41,48-49H,31-35H2,1-3H3;4-30,36-37,39-40,45-46H,31-35H2,1-3H3. The number of hydrogen-bond donors (Lipinski definition) is 0. The molecule has 0 atom stereocenters. The van der Waals surface area contributed by atoms with Crippen LogP contribution in [0.5, 0.6) is 0 Å². The molecule has 129 heavy (non-hydrogen) atoms. The molecular formula is C125H104FN3. The van der Waals surface area contributed by atoms with E-state index in [4.69, 9.17) is 0 Å². The number of halogens is 1. The maximum atomic E-state index is 16.5. The SMILES string of the molecule is Cc1ccc(-c2ccc(N(c3ccc(-c4ccccc4)cc3)c3cccc4c3-c3cccc(-c5cc(C#N)c6c(c5)-c5ccccc5C65C6CC7CC(C6)CC5C7)c3C4(C)C)cc2)cc1.Cc1ccccc1-c1ccc(N(c2ccc(-c3ccccc3)cc2)c2ccc3c(c2)C(C)(C)c2cc(-c4ccc(F)c5c4C4(c6ccccc6-5)C5CC6CC(C5)CC4C6)ccc2-3)cc1. The Kier molecular flexibility index (Phi) is 17.8. The van der Waals surface area contributed by atoms with Crippen LogP contribution < -0.4 is 9.80 Å². The molecule has 0 radical (unpaired) electrons. The van der Waals surface area contributed by atoms with E-state index >= 15 is 4.39 Å². The maximum Gasteiger partial charge on any atom is 0.131 e. The molecule has 626 valence electrons. The van der Waals surface area contributed by atoms with Crippen LogP contribution >= 0.6 is 0 Å². The van der Waals surface area contributed by atoms with Crippen LogP contribution in [-0.4, -0.2) is 0 Å². The summed E-state index contributed by atoms with van der Waals surface area (Å²) in [5.74, 6) is 5.66. The van der Waals surface area contributed by atoms with Gasteiger partial charge in [0.25, 0.3) is 0 Å². The Balaban J connectivity index is 0.000000140. The topological polar surface area (TPSA) is 30.3 Å². The Morgan fingerprint density at radius 2 is 0.674 bits per heavy atom. The highest BCUT2D eigenvalue weighted by atomic mass is 19.1. The lowest BCUT2D eigenvalue weighted by Gasteiger charge is -2.61. The second-order valence-corrected chi connectivity index (χ2v) is 40.8. The average molecular weight is 1670 g/mol. The van der Waals surface area contributed by atoms with E-state index in [0.717, 1.165) is 80.0 Å². The van der Waals surface area contributed by atoms with Crippen LogP contribution in [0.1, 0.15) is 153 Å². The van der Waals surface area contributed by atoms with Crippen LogP contribution in [0, 0.1) is 78.3 Å². The van der Waals surface area contributed by atoms with E-state index in [1.807, 2.05) is 0 Å². The lowest BCUT2D eigenvalue weighted by Crippen LogP contribution is -2.55. The molecule has 0 heterocycles. The van der Waals surface area contributed by atoms with Gasteiger partial charge in [-0.3, -0.25) is 0 Å². The summed E-state index contributed by atoms with van der Waals surface area (Å²) in [7, 11) is 0. The summed E-state index contributed by atoms with van der Waals surface area (Å²) in [5.41, 5.74) is 44.6. The molecule has 12 aliphatic carbocycles. The molecule has 8 saturated carbocycles. The van der Waals surface area contributed by atoms with E-state index in [-0.39, 0.29) is 27.5 Å². The summed E-state index contributed by atoms with van der Waals surface area (Å²) in [6.45, 7) is 13.9. The zero-order valence-electron chi connectivity index (χ0n) is 74.4. The Bertz CT molecular complexity index is 7210. The van der Waals surface area contributed by atoms with Crippen molar-refractivity contribution in [2.24, 2.45) is 47.3 Å². The summed E-state index contributed by atoms with van der Waals surface area (Å²) >= 11 is 0. The molecule has 2 spiro atoms. The third-order valence-electron chi connectivity index (χ3n) is 33.4. The third kappa shape index (κ3) is 11.8. The minimum Gasteiger partial charge on any atom is -0.310 e. The quantitative estimate of drug-likeness (QED) is 0.122. The van der Waals surface area contributed by atoms with Gasteiger partial charge in [0, 0.05) is 61.2 Å². The van der Waals surface area contributed by atoms with Crippen molar-refractivity contribution in [1.29, 1.82) is 5.26 Å². The van der Waals surface area contributed by atoms with Gasteiger partial charge in [0.15, 0.2) is 0 Å². The fraction of sp³-hybridized carbons (Fsp3) is 0.224. The van der Waals surface area contributed by atoms with Gasteiger partial charge in [-0.05, 0) is 367 Å². The van der Waals surface area contributed by atoms with Crippen LogP contribution in [0.4, 0.5) is 38.5 Å². The van der Waals surface area contributed by atoms with Gasteiger partial charge < -0.3 is 9.80 Å². The largest absolute Gasteiger partial charge is 0.310 e. The molecule has 16 aromatic rings. The first-order chi connectivity index (χ1) is 63.1. The van der Waals surface area contributed by atoms with E-state index in [1.54, 1.807) is 6.07 Å². The first kappa shape index (κ1) is 77.8. The lowest BCUT2D eigenvalue weighted by atomic mass is 9.42. The van der Waals surface area contributed by atoms with Crippen LogP contribution in [0.25, 0.3) is 111 Å². The van der Waals surface area contributed by atoms with Crippen LogP contribution in [0.3, 0.4) is 0 Å². The molecule has 3 nitrogen and oxygen atoms in total. The van der Waals surface area contributed by atoms with Crippen LogP contribution in [0.2, 0.25) is 0 Å². The van der Waals surface area contributed by atoms with E-state index in [2.05, 4.69) is 403 Å². The molecule has 16 aromatic carbocycles. The Hall–Kier alpha value is -13.5.